The lowest BCUT2D eigenvalue weighted by Gasteiger charge is -2.58. The Bertz CT molecular complexity index is 585. The molecule has 0 unspecified atom stereocenters. The second-order valence-electron chi connectivity index (χ2n) is 8.87. The molecular weight excluding hydrogens is 334 g/mol. The standard InChI is InChI=1S/C19H29N3O4/c1-20(4-3-5-26-2)12-21-16(23)17(24)22(18(21)25)19-9-13-6-14(10-19)8-15(7-13)11-19/h13-15H,3-12H2,1-2H3. The van der Waals surface area contributed by atoms with E-state index in [0.717, 1.165) is 30.6 Å². The third-order valence-corrected chi connectivity index (χ3v) is 6.80. The molecule has 0 spiro atoms. The quantitative estimate of drug-likeness (QED) is 0.391. The van der Waals surface area contributed by atoms with Crippen molar-refractivity contribution in [1.29, 1.82) is 0 Å². The summed E-state index contributed by atoms with van der Waals surface area (Å²) in [5.41, 5.74) is -0.401. The fourth-order valence-corrected chi connectivity index (χ4v) is 6.18. The SMILES string of the molecule is COCCCN(C)CN1C(=O)C(=O)N(C23CC4CC(CC(C4)C2)C3)C1=O. The molecule has 4 saturated carbocycles. The number of carbonyl (C=O) groups excluding carboxylic acids is 3. The molecule has 5 rings (SSSR count). The maximum absolute atomic E-state index is 13.1. The van der Waals surface area contributed by atoms with E-state index in [0.29, 0.717) is 30.9 Å². The number of rotatable bonds is 7. The van der Waals surface area contributed by atoms with E-state index in [4.69, 9.17) is 4.74 Å². The number of hydrogen-bond acceptors (Lipinski definition) is 5. The van der Waals surface area contributed by atoms with Crippen LogP contribution in [0.2, 0.25) is 0 Å². The van der Waals surface area contributed by atoms with E-state index in [1.807, 2.05) is 11.9 Å². The molecule has 26 heavy (non-hydrogen) atoms. The first-order valence-corrected chi connectivity index (χ1v) is 9.81. The Labute approximate surface area is 154 Å². The van der Waals surface area contributed by atoms with Gasteiger partial charge in [0.25, 0.3) is 0 Å². The minimum Gasteiger partial charge on any atom is -0.385 e. The van der Waals surface area contributed by atoms with Gasteiger partial charge in [0.2, 0.25) is 0 Å². The molecule has 0 N–H and O–H groups in total. The lowest BCUT2D eigenvalue weighted by atomic mass is 9.52. The topological polar surface area (TPSA) is 70.2 Å². The van der Waals surface area contributed by atoms with E-state index in [9.17, 15) is 14.4 Å². The second kappa shape index (κ2) is 6.60. The molecule has 1 saturated heterocycles. The van der Waals surface area contributed by atoms with Gasteiger partial charge in [-0.2, -0.15) is 0 Å². The van der Waals surface area contributed by atoms with E-state index < -0.39 is 23.4 Å². The summed E-state index contributed by atoms with van der Waals surface area (Å²) in [6.45, 7) is 1.50. The third-order valence-electron chi connectivity index (χ3n) is 6.80. The van der Waals surface area contributed by atoms with Crippen LogP contribution in [0.1, 0.15) is 44.9 Å². The Hall–Kier alpha value is -1.47. The molecule has 0 aromatic heterocycles. The number of methoxy groups -OCH3 is 1. The van der Waals surface area contributed by atoms with Gasteiger partial charge in [-0.05, 0) is 69.7 Å². The first-order chi connectivity index (χ1) is 12.4. The summed E-state index contributed by atoms with van der Waals surface area (Å²) >= 11 is 0. The van der Waals surface area contributed by atoms with Crippen LogP contribution in [0.3, 0.4) is 0 Å². The molecule has 1 heterocycles. The number of urea groups is 1. The van der Waals surface area contributed by atoms with E-state index in [-0.39, 0.29) is 6.67 Å². The van der Waals surface area contributed by atoms with Gasteiger partial charge in [0.1, 0.15) is 0 Å². The predicted molar refractivity (Wildman–Crippen MR) is 94.0 cm³/mol. The van der Waals surface area contributed by atoms with Gasteiger partial charge in [-0.15, -0.1) is 0 Å². The van der Waals surface area contributed by atoms with Crippen LogP contribution in [-0.2, 0) is 14.3 Å². The monoisotopic (exact) mass is 363 g/mol. The maximum atomic E-state index is 13.1. The fourth-order valence-electron chi connectivity index (χ4n) is 6.18. The number of nitrogens with zero attached hydrogens (tertiary/aromatic N) is 3. The molecular formula is C19H29N3O4. The van der Waals surface area contributed by atoms with Crippen LogP contribution in [0.15, 0.2) is 0 Å². The highest BCUT2D eigenvalue weighted by molar-refractivity contribution is 6.44. The summed E-state index contributed by atoms with van der Waals surface area (Å²) in [4.78, 5) is 42.8. The molecule has 0 aromatic rings. The predicted octanol–water partition coefficient (Wildman–Crippen LogP) is 1.67. The molecule has 4 aliphatic carbocycles. The van der Waals surface area contributed by atoms with Gasteiger partial charge in [0.15, 0.2) is 0 Å². The molecule has 4 amide bonds. The number of ether oxygens (including phenoxy) is 1. The molecule has 144 valence electrons. The van der Waals surface area contributed by atoms with Crippen molar-refractivity contribution in [3.8, 4) is 0 Å². The van der Waals surface area contributed by atoms with Crippen molar-refractivity contribution >= 4 is 17.8 Å². The first-order valence-electron chi connectivity index (χ1n) is 9.81. The van der Waals surface area contributed by atoms with Gasteiger partial charge in [0, 0.05) is 20.3 Å². The molecule has 7 heteroatoms. The fraction of sp³-hybridized carbons (Fsp3) is 0.842. The summed E-state index contributed by atoms with van der Waals surface area (Å²) in [5, 5.41) is 0. The highest BCUT2D eigenvalue weighted by Crippen LogP contribution is 2.58. The third kappa shape index (κ3) is 2.85. The van der Waals surface area contributed by atoms with Gasteiger partial charge in [-0.25, -0.2) is 14.6 Å². The second-order valence-corrected chi connectivity index (χ2v) is 8.87. The van der Waals surface area contributed by atoms with Gasteiger partial charge in [0.05, 0.1) is 12.2 Å². The van der Waals surface area contributed by atoms with Crippen molar-refractivity contribution in [2.75, 3.05) is 34.0 Å². The lowest BCUT2D eigenvalue weighted by molar-refractivity contribution is -0.150. The summed E-state index contributed by atoms with van der Waals surface area (Å²) in [6, 6.07) is -0.402. The van der Waals surface area contributed by atoms with Crippen molar-refractivity contribution in [2.24, 2.45) is 17.8 Å². The molecule has 0 atom stereocenters. The minimum absolute atomic E-state index is 0.163. The molecule has 0 aromatic carbocycles. The number of carbonyl (C=O) groups is 3. The minimum atomic E-state index is -0.663. The van der Waals surface area contributed by atoms with Crippen LogP contribution in [0.4, 0.5) is 4.79 Å². The van der Waals surface area contributed by atoms with Crippen molar-refractivity contribution in [3.63, 3.8) is 0 Å². The van der Waals surface area contributed by atoms with E-state index in [1.165, 1.54) is 24.2 Å². The average molecular weight is 363 g/mol. The van der Waals surface area contributed by atoms with Crippen LogP contribution >= 0.6 is 0 Å². The average Bonchev–Trinajstić information content (AvgIpc) is 2.78. The molecule has 5 aliphatic rings. The molecule has 5 fully saturated rings. The van der Waals surface area contributed by atoms with Crippen molar-refractivity contribution in [3.05, 3.63) is 0 Å². The van der Waals surface area contributed by atoms with Gasteiger partial charge >= 0.3 is 17.8 Å². The van der Waals surface area contributed by atoms with Crippen LogP contribution < -0.4 is 0 Å². The Balaban J connectivity index is 1.49. The highest BCUT2D eigenvalue weighted by atomic mass is 16.5. The molecule has 7 nitrogen and oxygen atoms in total. The maximum Gasteiger partial charge on any atom is 0.335 e. The Morgan fingerprint density at radius 2 is 1.62 bits per heavy atom. The summed E-state index contributed by atoms with van der Waals surface area (Å²) in [7, 11) is 3.50. The van der Waals surface area contributed by atoms with E-state index in [1.54, 1.807) is 7.11 Å². The molecule has 4 bridgehead atoms. The zero-order valence-corrected chi connectivity index (χ0v) is 15.8. The lowest BCUT2D eigenvalue weighted by Crippen LogP contribution is -2.62. The van der Waals surface area contributed by atoms with Crippen molar-refractivity contribution in [1.82, 2.24) is 14.7 Å². The van der Waals surface area contributed by atoms with Crippen LogP contribution in [0.5, 0.6) is 0 Å². The van der Waals surface area contributed by atoms with Crippen LogP contribution in [-0.4, -0.2) is 72.1 Å². The zero-order valence-electron chi connectivity index (χ0n) is 15.8. The van der Waals surface area contributed by atoms with Crippen molar-refractivity contribution in [2.45, 2.75) is 50.5 Å². The molecule has 0 radical (unpaired) electrons. The summed E-state index contributed by atoms with van der Waals surface area (Å²) < 4.78 is 5.04. The largest absolute Gasteiger partial charge is 0.385 e. The first kappa shape index (κ1) is 17.9. The van der Waals surface area contributed by atoms with E-state index in [2.05, 4.69) is 0 Å². The smallest absolute Gasteiger partial charge is 0.335 e. The van der Waals surface area contributed by atoms with Gasteiger partial charge in [-0.1, -0.05) is 0 Å². The number of hydrogen-bond donors (Lipinski definition) is 0. The van der Waals surface area contributed by atoms with Crippen molar-refractivity contribution < 1.29 is 19.1 Å². The van der Waals surface area contributed by atoms with Crippen LogP contribution in [0, 0.1) is 17.8 Å². The van der Waals surface area contributed by atoms with Gasteiger partial charge in [-0.3, -0.25) is 14.5 Å². The Kier molecular flexibility index (Phi) is 4.55. The Morgan fingerprint density at radius 3 is 2.15 bits per heavy atom. The highest BCUT2D eigenvalue weighted by Gasteiger charge is 2.61. The van der Waals surface area contributed by atoms with E-state index >= 15 is 0 Å². The summed E-state index contributed by atoms with van der Waals surface area (Å²) in [5.74, 6) is 0.569. The molecule has 1 aliphatic heterocycles. The number of imide groups is 2. The number of amides is 4. The van der Waals surface area contributed by atoms with Crippen LogP contribution in [0.25, 0.3) is 0 Å². The van der Waals surface area contributed by atoms with Gasteiger partial charge < -0.3 is 4.74 Å². The zero-order chi connectivity index (χ0) is 18.5. The Morgan fingerprint density at radius 1 is 1.04 bits per heavy atom. The summed E-state index contributed by atoms with van der Waals surface area (Å²) in [6.07, 6.45) is 7.18. The normalized spacial score (nSPS) is 36.1.